The molecular formula is C17H30N2O. The van der Waals surface area contributed by atoms with Gasteiger partial charge in [-0.1, -0.05) is 26.0 Å². The molecule has 0 aliphatic rings. The first kappa shape index (κ1) is 17.0. The molecule has 2 unspecified atom stereocenters. The van der Waals surface area contributed by atoms with E-state index in [0.29, 0.717) is 12.0 Å². The highest BCUT2D eigenvalue weighted by molar-refractivity contribution is 5.28. The maximum absolute atomic E-state index is 5.28. The van der Waals surface area contributed by atoms with E-state index >= 15 is 0 Å². The molecule has 0 aromatic heterocycles. The van der Waals surface area contributed by atoms with Gasteiger partial charge in [0.25, 0.3) is 0 Å². The summed E-state index contributed by atoms with van der Waals surface area (Å²) in [7, 11) is 3.91. The van der Waals surface area contributed by atoms with Gasteiger partial charge in [0.2, 0.25) is 0 Å². The first-order valence-corrected chi connectivity index (χ1v) is 7.62. The average molecular weight is 278 g/mol. The molecule has 0 aliphatic heterocycles. The number of benzene rings is 1. The summed E-state index contributed by atoms with van der Waals surface area (Å²) in [5.74, 6) is 1.57. The van der Waals surface area contributed by atoms with Crippen LogP contribution in [-0.2, 0) is 6.54 Å². The number of hydrogen-bond donors (Lipinski definition) is 1. The third kappa shape index (κ3) is 5.51. The van der Waals surface area contributed by atoms with Crippen molar-refractivity contribution in [3.63, 3.8) is 0 Å². The highest BCUT2D eigenvalue weighted by atomic mass is 16.5. The second kappa shape index (κ2) is 8.98. The van der Waals surface area contributed by atoms with Gasteiger partial charge < -0.3 is 10.1 Å². The summed E-state index contributed by atoms with van der Waals surface area (Å²) in [6, 6.07) is 8.86. The molecule has 0 bridgehead atoms. The first-order valence-electron chi connectivity index (χ1n) is 7.62. The van der Waals surface area contributed by atoms with Gasteiger partial charge in [0.05, 0.1) is 7.11 Å². The van der Waals surface area contributed by atoms with Crippen LogP contribution in [0.15, 0.2) is 24.3 Å². The fourth-order valence-corrected chi connectivity index (χ4v) is 2.31. The number of hydrogen-bond acceptors (Lipinski definition) is 3. The van der Waals surface area contributed by atoms with Crippen LogP contribution in [0.3, 0.4) is 0 Å². The fourth-order valence-electron chi connectivity index (χ4n) is 2.31. The summed E-state index contributed by atoms with van der Waals surface area (Å²) in [5.41, 5.74) is 1.30. The van der Waals surface area contributed by atoms with Crippen molar-refractivity contribution in [3.8, 4) is 5.75 Å². The molecule has 0 radical (unpaired) electrons. The summed E-state index contributed by atoms with van der Waals surface area (Å²) >= 11 is 0. The van der Waals surface area contributed by atoms with Gasteiger partial charge in [-0.05, 0) is 57.1 Å². The molecule has 1 aromatic rings. The van der Waals surface area contributed by atoms with Gasteiger partial charge in [-0.25, -0.2) is 0 Å². The van der Waals surface area contributed by atoms with Crippen LogP contribution in [0.1, 0.15) is 32.8 Å². The Labute approximate surface area is 124 Å². The quantitative estimate of drug-likeness (QED) is 0.702. The predicted octanol–water partition coefficient (Wildman–Crippen LogP) is 3.15. The topological polar surface area (TPSA) is 24.5 Å². The molecule has 0 fully saturated rings. The van der Waals surface area contributed by atoms with Crippen LogP contribution in [0.4, 0.5) is 0 Å². The highest BCUT2D eigenvalue weighted by Crippen LogP contribution is 2.16. The molecule has 3 nitrogen and oxygen atoms in total. The van der Waals surface area contributed by atoms with Gasteiger partial charge in [-0.2, -0.15) is 0 Å². The molecule has 20 heavy (non-hydrogen) atoms. The van der Waals surface area contributed by atoms with Crippen molar-refractivity contribution in [2.24, 2.45) is 5.92 Å². The zero-order valence-corrected chi connectivity index (χ0v) is 13.6. The van der Waals surface area contributed by atoms with Crippen LogP contribution in [-0.4, -0.2) is 38.2 Å². The Bertz CT molecular complexity index is 381. The van der Waals surface area contributed by atoms with Crippen LogP contribution in [0.2, 0.25) is 0 Å². The Morgan fingerprint density at radius 3 is 2.70 bits per heavy atom. The second-order valence-corrected chi connectivity index (χ2v) is 5.69. The second-order valence-electron chi connectivity index (χ2n) is 5.69. The molecule has 0 spiro atoms. The van der Waals surface area contributed by atoms with E-state index in [-0.39, 0.29) is 0 Å². The normalized spacial score (nSPS) is 14.3. The molecule has 1 aromatic carbocycles. The van der Waals surface area contributed by atoms with Crippen molar-refractivity contribution < 1.29 is 4.74 Å². The van der Waals surface area contributed by atoms with E-state index in [4.69, 9.17) is 4.74 Å². The zero-order valence-electron chi connectivity index (χ0n) is 13.6. The molecule has 1 N–H and O–H groups in total. The van der Waals surface area contributed by atoms with E-state index in [1.54, 1.807) is 7.11 Å². The monoisotopic (exact) mass is 278 g/mol. The Morgan fingerprint density at radius 1 is 1.30 bits per heavy atom. The number of methoxy groups -OCH3 is 1. The molecule has 0 saturated heterocycles. The summed E-state index contributed by atoms with van der Waals surface area (Å²) in [6.45, 7) is 9.97. The molecule has 0 saturated carbocycles. The van der Waals surface area contributed by atoms with Gasteiger partial charge in [-0.3, -0.25) is 4.90 Å². The smallest absolute Gasteiger partial charge is 0.119 e. The van der Waals surface area contributed by atoms with E-state index in [2.05, 4.69) is 56.2 Å². The van der Waals surface area contributed by atoms with Gasteiger partial charge >= 0.3 is 0 Å². The first-order chi connectivity index (χ1) is 9.58. The summed E-state index contributed by atoms with van der Waals surface area (Å²) in [6.07, 6.45) is 1.20. The average Bonchev–Trinajstić information content (AvgIpc) is 2.46. The Morgan fingerprint density at radius 2 is 2.05 bits per heavy atom. The van der Waals surface area contributed by atoms with Crippen molar-refractivity contribution in [2.75, 3.05) is 27.2 Å². The zero-order chi connectivity index (χ0) is 15.0. The summed E-state index contributed by atoms with van der Waals surface area (Å²) in [5, 5.41) is 3.51. The minimum absolute atomic E-state index is 0.547. The number of nitrogens with one attached hydrogen (secondary N) is 1. The minimum Gasteiger partial charge on any atom is -0.497 e. The predicted molar refractivity (Wildman–Crippen MR) is 86.2 cm³/mol. The number of rotatable bonds is 9. The van der Waals surface area contributed by atoms with Crippen LogP contribution in [0.5, 0.6) is 5.75 Å². The van der Waals surface area contributed by atoms with Gasteiger partial charge in [0, 0.05) is 12.6 Å². The SMILES string of the molecule is CCCNCC(C)C(C)N(C)Cc1cccc(OC)c1. The lowest BCUT2D eigenvalue weighted by molar-refractivity contribution is 0.188. The summed E-state index contributed by atoms with van der Waals surface area (Å²) < 4.78 is 5.28. The van der Waals surface area contributed by atoms with Crippen molar-refractivity contribution in [1.82, 2.24) is 10.2 Å². The van der Waals surface area contributed by atoms with Gasteiger partial charge in [0.15, 0.2) is 0 Å². The number of ether oxygens (including phenoxy) is 1. The largest absolute Gasteiger partial charge is 0.497 e. The van der Waals surface area contributed by atoms with E-state index in [1.165, 1.54) is 12.0 Å². The Balaban J connectivity index is 2.49. The lowest BCUT2D eigenvalue weighted by Crippen LogP contribution is -2.38. The van der Waals surface area contributed by atoms with Crippen molar-refractivity contribution >= 4 is 0 Å². The molecular weight excluding hydrogens is 248 g/mol. The fraction of sp³-hybridized carbons (Fsp3) is 0.647. The standard InChI is InChI=1S/C17H30N2O/c1-6-10-18-12-14(2)15(3)19(4)13-16-8-7-9-17(11-16)20-5/h7-9,11,14-15,18H,6,10,12-13H2,1-5H3. The Kier molecular flexibility index (Phi) is 7.63. The number of nitrogens with zero attached hydrogens (tertiary/aromatic N) is 1. The van der Waals surface area contributed by atoms with E-state index in [9.17, 15) is 0 Å². The molecule has 0 aliphatic carbocycles. The molecule has 0 amide bonds. The third-order valence-electron chi connectivity index (χ3n) is 3.98. The van der Waals surface area contributed by atoms with Crippen LogP contribution in [0.25, 0.3) is 0 Å². The lowest BCUT2D eigenvalue weighted by Gasteiger charge is -2.30. The third-order valence-corrected chi connectivity index (χ3v) is 3.98. The van der Waals surface area contributed by atoms with E-state index in [0.717, 1.165) is 25.4 Å². The van der Waals surface area contributed by atoms with Gasteiger partial charge in [-0.15, -0.1) is 0 Å². The molecule has 2 atom stereocenters. The maximum atomic E-state index is 5.28. The van der Waals surface area contributed by atoms with Gasteiger partial charge in [0.1, 0.15) is 5.75 Å². The van der Waals surface area contributed by atoms with E-state index in [1.807, 2.05) is 6.07 Å². The molecule has 3 heteroatoms. The van der Waals surface area contributed by atoms with Crippen molar-refractivity contribution in [3.05, 3.63) is 29.8 Å². The van der Waals surface area contributed by atoms with E-state index < -0.39 is 0 Å². The van der Waals surface area contributed by atoms with Crippen LogP contribution >= 0.6 is 0 Å². The molecule has 1 rings (SSSR count). The molecule has 114 valence electrons. The lowest BCUT2D eigenvalue weighted by atomic mass is 10.0. The van der Waals surface area contributed by atoms with Crippen molar-refractivity contribution in [1.29, 1.82) is 0 Å². The highest BCUT2D eigenvalue weighted by Gasteiger charge is 2.16. The summed E-state index contributed by atoms with van der Waals surface area (Å²) in [4.78, 5) is 2.41. The van der Waals surface area contributed by atoms with Crippen molar-refractivity contribution in [2.45, 2.75) is 39.8 Å². The molecule has 0 heterocycles. The minimum atomic E-state index is 0.547. The Hall–Kier alpha value is -1.06. The van der Waals surface area contributed by atoms with Crippen LogP contribution < -0.4 is 10.1 Å². The maximum Gasteiger partial charge on any atom is 0.119 e. The van der Waals surface area contributed by atoms with Crippen LogP contribution in [0, 0.1) is 5.92 Å².